The normalized spacial score (nSPS) is 19.0. The number of carboxylic acid groups (broad SMARTS) is 1. The molecule has 1 atom stereocenters. The van der Waals surface area contributed by atoms with E-state index in [9.17, 15) is 19.5 Å². The van der Waals surface area contributed by atoms with Crippen LogP contribution in [-0.4, -0.2) is 74.8 Å². The number of hydrogen-bond acceptors (Lipinski definition) is 10. The van der Waals surface area contributed by atoms with Gasteiger partial charge in [0, 0.05) is 36.4 Å². The SMILES string of the molecule is CO/N=C(/C(=O)N[C@H]1CN2CC(c3ccncc3)=C(C(=O)O)N2C1=O)c1csc(N)n1. The molecule has 0 aliphatic carbocycles. The molecule has 4 N–H and O–H groups in total. The molecule has 0 radical (unpaired) electrons. The van der Waals surface area contributed by atoms with E-state index in [1.165, 1.54) is 12.5 Å². The summed E-state index contributed by atoms with van der Waals surface area (Å²) in [5.41, 5.74) is 6.68. The first-order valence-corrected chi connectivity index (χ1v) is 9.87. The van der Waals surface area contributed by atoms with Crippen molar-refractivity contribution in [3.05, 3.63) is 46.9 Å². The first-order chi connectivity index (χ1) is 14.9. The molecule has 2 aromatic rings. The second-order valence-corrected chi connectivity index (χ2v) is 7.47. The zero-order valence-electron chi connectivity index (χ0n) is 16.2. The highest BCUT2D eigenvalue weighted by Crippen LogP contribution is 2.34. The van der Waals surface area contributed by atoms with Crippen LogP contribution < -0.4 is 11.1 Å². The summed E-state index contributed by atoms with van der Waals surface area (Å²) in [4.78, 5) is 50.3. The van der Waals surface area contributed by atoms with E-state index in [0.29, 0.717) is 11.1 Å². The highest BCUT2D eigenvalue weighted by atomic mass is 32.1. The number of anilines is 1. The Morgan fingerprint density at radius 2 is 2.13 bits per heavy atom. The molecular formula is C18H17N7O5S. The number of fused-ring (bicyclic) bond motifs is 1. The minimum Gasteiger partial charge on any atom is -0.477 e. The van der Waals surface area contributed by atoms with Gasteiger partial charge in [-0.25, -0.2) is 19.8 Å². The van der Waals surface area contributed by atoms with Crippen LogP contribution in [0.1, 0.15) is 11.3 Å². The molecule has 12 nitrogen and oxygen atoms in total. The second-order valence-electron chi connectivity index (χ2n) is 6.58. The molecule has 0 saturated carbocycles. The number of hydrazine groups is 1. The Kier molecular flexibility index (Phi) is 5.35. The van der Waals surface area contributed by atoms with Gasteiger partial charge in [0.15, 0.2) is 16.5 Å². The Hall–Kier alpha value is -3.84. The largest absolute Gasteiger partial charge is 0.477 e. The predicted octanol–water partition coefficient (Wildman–Crippen LogP) is -0.476. The van der Waals surface area contributed by atoms with Gasteiger partial charge in [0.1, 0.15) is 18.8 Å². The number of nitrogens with one attached hydrogen (secondary N) is 1. The van der Waals surface area contributed by atoms with Gasteiger partial charge in [0.2, 0.25) is 0 Å². The monoisotopic (exact) mass is 443 g/mol. The number of nitrogens with two attached hydrogens (primary N) is 1. The minimum atomic E-state index is -1.24. The molecule has 2 aliphatic heterocycles. The van der Waals surface area contributed by atoms with Crippen LogP contribution in [-0.2, 0) is 19.2 Å². The number of carbonyl (C=O) groups excluding carboxylic acids is 2. The summed E-state index contributed by atoms with van der Waals surface area (Å²) < 4.78 is 0. The number of nitrogens with zero attached hydrogens (tertiary/aromatic N) is 5. The van der Waals surface area contributed by atoms with Crippen molar-refractivity contribution in [2.45, 2.75) is 6.04 Å². The number of amides is 2. The van der Waals surface area contributed by atoms with E-state index in [2.05, 4.69) is 20.4 Å². The van der Waals surface area contributed by atoms with Crippen LogP contribution in [0.25, 0.3) is 5.57 Å². The number of pyridine rings is 1. The van der Waals surface area contributed by atoms with E-state index in [-0.39, 0.29) is 35.3 Å². The van der Waals surface area contributed by atoms with Crippen molar-refractivity contribution in [3.63, 3.8) is 0 Å². The zero-order valence-corrected chi connectivity index (χ0v) is 17.0. The number of carboxylic acids is 1. The van der Waals surface area contributed by atoms with Crippen molar-refractivity contribution in [2.75, 3.05) is 25.9 Å². The average molecular weight is 443 g/mol. The molecule has 1 saturated heterocycles. The van der Waals surface area contributed by atoms with Gasteiger partial charge in [-0.05, 0) is 17.7 Å². The molecule has 2 aromatic heterocycles. The summed E-state index contributed by atoms with van der Waals surface area (Å²) in [7, 11) is 1.27. The van der Waals surface area contributed by atoms with Crippen LogP contribution in [0.3, 0.4) is 0 Å². The summed E-state index contributed by atoms with van der Waals surface area (Å²) in [5.74, 6) is -2.50. The van der Waals surface area contributed by atoms with Crippen molar-refractivity contribution in [3.8, 4) is 0 Å². The maximum Gasteiger partial charge on any atom is 0.354 e. The number of aliphatic carboxylic acids is 1. The van der Waals surface area contributed by atoms with Crippen LogP contribution >= 0.6 is 11.3 Å². The maximum absolute atomic E-state index is 13.0. The predicted molar refractivity (Wildman–Crippen MR) is 109 cm³/mol. The molecule has 1 fully saturated rings. The lowest BCUT2D eigenvalue weighted by Crippen LogP contribution is -2.46. The van der Waals surface area contributed by atoms with Gasteiger partial charge in [-0.15, -0.1) is 11.3 Å². The first-order valence-electron chi connectivity index (χ1n) is 8.99. The molecule has 160 valence electrons. The van der Waals surface area contributed by atoms with Crippen LogP contribution in [0.5, 0.6) is 0 Å². The van der Waals surface area contributed by atoms with E-state index >= 15 is 0 Å². The van der Waals surface area contributed by atoms with Crippen molar-refractivity contribution < 1.29 is 24.3 Å². The van der Waals surface area contributed by atoms with E-state index < -0.39 is 23.8 Å². The third kappa shape index (κ3) is 3.71. The Bertz CT molecular complexity index is 1110. The Morgan fingerprint density at radius 3 is 2.74 bits per heavy atom. The summed E-state index contributed by atoms with van der Waals surface area (Å²) in [6.07, 6.45) is 3.10. The van der Waals surface area contributed by atoms with E-state index in [4.69, 9.17) is 10.6 Å². The smallest absolute Gasteiger partial charge is 0.354 e. The summed E-state index contributed by atoms with van der Waals surface area (Å²) in [5, 5.41) is 20.5. The van der Waals surface area contributed by atoms with Crippen molar-refractivity contribution in [2.24, 2.45) is 5.16 Å². The number of nitrogen functional groups attached to an aromatic ring is 1. The summed E-state index contributed by atoms with van der Waals surface area (Å²) >= 11 is 1.13. The molecule has 0 spiro atoms. The van der Waals surface area contributed by atoms with Crippen LogP contribution in [0.4, 0.5) is 5.13 Å². The molecule has 31 heavy (non-hydrogen) atoms. The number of aromatic nitrogens is 2. The molecule has 4 rings (SSSR count). The highest BCUT2D eigenvalue weighted by molar-refractivity contribution is 7.13. The Labute approximate surface area is 179 Å². The fourth-order valence-electron chi connectivity index (χ4n) is 3.46. The van der Waals surface area contributed by atoms with E-state index in [1.807, 2.05) is 0 Å². The molecule has 2 aliphatic rings. The van der Waals surface area contributed by atoms with E-state index in [1.54, 1.807) is 29.5 Å². The third-order valence-electron chi connectivity index (χ3n) is 4.72. The number of rotatable bonds is 6. The lowest BCUT2D eigenvalue weighted by atomic mass is 10.1. The molecule has 0 aromatic carbocycles. The van der Waals surface area contributed by atoms with Gasteiger partial charge in [0.25, 0.3) is 11.8 Å². The van der Waals surface area contributed by atoms with Crippen LogP contribution in [0.2, 0.25) is 0 Å². The molecule has 4 heterocycles. The fourth-order valence-corrected chi connectivity index (χ4v) is 4.00. The van der Waals surface area contributed by atoms with Crippen molar-refractivity contribution >= 4 is 45.5 Å². The van der Waals surface area contributed by atoms with Crippen molar-refractivity contribution in [1.82, 2.24) is 25.3 Å². The number of carbonyl (C=O) groups is 3. The van der Waals surface area contributed by atoms with Gasteiger partial charge >= 0.3 is 5.97 Å². The summed E-state index contributed by atoms with van der Waals surface area (Å²) in [6, 6.07) is 2.38. The number of oxime groups is 1. The third-order valence-corrected chi connectivity index (χ3v) is 5.39. The van der Waals surface area contributed by atoms with Crippen LogP contribution in [0, 0.1) is 0 Å². The topological polar surface area (TPSA) is 163 Å². The Morgan fingerprint density at radius 1 is 1.39 bits per heavy atom. The molecule has 0 bridgehead atoms. The lowest BCUT2D eigenvalue weighted by molar-refractivity contribution is -0.143. The molecule has 2 amide bonds. The zero-order chi connectivity index (χ0) is 22.1. The summed E-state index contributed by atoms with van der Waals surface area (Å²) in [6.45, 7) is 0.292. The first kappa shape index (κ1) is 20.4. The van der Waals surface area contributed by atoms with Crippen LogP contribution in [0.15, 0.2) is 40.8 Å². The minimum absolute atomic E-state index is 0.0927. The van der Waals surface area contributed by atoms with Gasteiger partial charge in [-0.1, -0.05) is 5.16 Å². The van der Waals surface area contributed by atoms with Gasteiger partial charge in [-0.3, -0.25) is 14.6 Å². The highest BCUT2D eigenvalue weighted by Gasteiger charge is 2.48. The fraction of sp³-hybridized carbons (Fsp3) is 0.222. The van der Waals surface area contributed by atoms with Gasteiger partial charge < -0.3 is 21.0 Å². The molecular weight excluding hydrogens is 426 g/mol. The van der Waals surface area contributed by atoms with Gasteiger partial charge in [0.05, 0.1) is 0 Å². The average Bonchev–Trinajstić information content (AvgIpc) is 3.42. The quantitative estimate of drug-likeness (QED) is 0.395. The van der Waals surface area contributed by atoms with E-state index in [0.717, 1.165) is 16.3 Å². The van der Waals surface area contributed by atoms with Crippen molar-refractivity contribution in [1.29, 1.82) is 0 Å². The Balaban J connectivity index is 1.57. The second kappa shape index (κ2) is 8.12. The molecule has 13 heteroatoms. The van der Waals surface area contributed by atoms with Gasteiger partial charge in [-0.2, -0.15) is 0 Å². The number of thiazole rings is 1. The molecule has 0 unspecified atom stereocenters. The lowest BCUT2D eigenvalue weighted by Gasteiger charge is -2.19. The standard InChI is InChI=1S/C18H17N7O5S/c1-30-23-13(12-8-31-18(19)22-12)15(26)21-11-7-24-6-10(9-2-4-20-5-3-9)14(17(28)29)25(24)16(11)27/h2-5,8,11H,6-7H2,1H3,(H2,19,22)(H,21,26)(H,28,29)/b23-13+/t11-/m0/s1. The number of hydrogen-bond donors (Lipinski definition) is 3. The maximum atomic E-state index is 13.0.